The van der Waals surface area contributed by atoms with Crippen LogP contribution in [0.25, 0.3) is 0 Å². The Morgan fingerprint density at radius 1 is 1.32 bits per heavy atom. The van der Waals surface area contributed by atoms with E-state index >= 15 is 0 Å². The summed E-state index contributed by atoms with van der Waals surface area (Å²) in [6.07, 6.45) is 3.72. The molecule has 19 heavy (non-hydrogen) atoms. The van der Waals surface area contributed by atoms with E-state index < -0.39 is 16.8 Å². The standard InChI is InChI=1S/C15H20O3S/c1-3-11-7-8-13(15(16)17)12(4-2)14(11)19(18)9-10-5-6-10/h7-8,10H,3-6,9H2,1-2H3,(H,16,17)/t19-/m1/s1. The van der Waals surface area contributed by atoms with Crippen LogP contribution in [0, 0.1) is 5.92 Å². The van der Waals surface area contributed by atoms with Gasteiger partial charge < -0.3 is 5.11 Å². The van der Waals surface area contributed by atoms with E-state index in [1.165, 1.54) is 0 Å². The summed E-state index contributed by atoms with van der Waals surface area (Å²) < 4.78 is 12.5. The van der Waals surface area contributed by atoms with Crippen LogP contribution in [0.15, 0.2) is 17.0 Å². The van der Waals surface area contributed by atoms with Gasteiger partial charge >= 0.3 is 5.97 Å². The zero-order chi connectivity index (χ0) is 14.0. The number of carboxylic acid groups (broad SMARTS) is 1. The summed E-state index contributed by atoms with van der Waals surface area (Å²) in [4.78, 5) is 12.1. The van der Waals surface area contributed by atoms with Gasteiger partial charge in [0.15, 0.2) is 0 Å². The van der Waals surface area contributed by atoms with Crippen molar-refractivity contribution in [2.75, 3.05) is 5.75 Å². The molecule has 0 saturated heterocycles. The molecule has 2 rings (SSSR count). The van der Waals surface area contributed by atoms with Crippen molar-refractivity contribution < 1.29 is 14.1 Å². The van der Waals surface area contributed by atoms with Crippen molar-refractivity contribution in [3.8, 4) is 0 Å². The van der Waals surface area contributed by atoms with Gasteiger partial charge in [0.2, 0.25) is 0 Å². The van der Waals surface area contributed by atoms with E-state index in [-0.39, 0.29) is 0 Å². The molecule has 104 valence electrons. The summed E-state index contributed by atoms with van der Waals surface area (Å²) in [5, 5.41) is 9.26. The zero-order valence-corrected chi connectivity index (χ0v) is 12.3. The molecular weight excluding hydrogens is 260 g/mol. The molecule has 1 aromatic rings. The first kappa shape index (κ1) is 14.3. The van der Waals surface area contributed by atoms with Crippen molar-refractivity contribution in [1.82, 2.24) is 0 Å². The van der Waals surface area contributed by atoms with E-state index in [0.717, 1.165) is 35.3 Å². The molecule has 0 radical (unpaired) electrons. The van der Waals surface area contributed by atoms with E-state index in [0.29, 0.717) is 23.7 Å². The summed E-state index contributed by atoms with van der Waals surface area (Å²) in [6.45, 7) is 3.95. The molecule has 0 amide bonds. The smallest absolute Gasteiger partial charge is 0.336 e. The second kappa shape index (κ2) is 5.87. The maximum Gasteiger partial charge on any atom is 0.336 e. The van der Waals surface area contributed by atoms with Gasteiger partial charge in [0, 0.05) is 10.6 Å². The molecule has 4 heteroatoms. The molecule has 1 saturated carbocycles. The molecule has 1 atom stereocenters. The molecule has 1 aliphatic carbocycles. The summed E-state index contributed by atoms with van der Waals surface area (Å²) in [7, 11) is -1.06. The highest BCUT2D eigenvalue weighted by atomic mass is 32.2. The summed E-state index contributed by atoms with van der Waals surface area (Å²) in [6, 6.07) is 3.47. The minimum atomic E-state index is -1.06. The van der Waals surface area contributed by atoms with Crippen molar-refractivity contribution >= 4 is 16.8 Å². The minimum Gasteiger partial charge on any atom is -0.478 e. The van der Waals surface area contributed by atoms with E-state index in [2.05, 4.69) is 0 Å². The van der Waals surface area contributed by atoms with Gasteiger partial charge in [0.25, 0.3) is 0 Å². The van der Waals surface area contributed by atoms with Gasteiger partial charge in [0.05, 0.1) is 16.4 Å². The molecule has 1 aliphatic rings. The maximum absolute atomic E-state index is 12.5. The lowest BCUT2D eigenvalue weighted by Gasteiger charge is -2.15. The third kappa shape index (κ3) is 3.06. The van der Waals surface area contributed by atoms with Crippen LogP contribution in [-0.2, 0) is 23.6 Å². The van der Waals surface area contributed by atoms with Crippen LogP contribution in [0.5, 0.6) is 0 Å². The fourth-order valence-corrected chi connectivity index (χ4v) is 4.33. The Balaban J connectivity index is 2.49. The fourth-order valence-electron chi connectivity index (χ4n) is 2.37. The molecule has 0 aromatic heterocycles. The highest BCUT2D eigenvalue weighted by Gasteiger charge is 2.27. The predicted molar refractivity (Wildman–Crippen MR) is 76.2 cm³/mol. The first-order chi connectivity index (χ1) is 9.08. The van der Waals surface area contributed by atoms with Crippen molar-refractivity contribution in [3.05, 3.63) is 28.8 Å². The number of hydrogen-bond donors (Lipinski definition) is 1. The average Bonchev–Trinajstić information content (AvgIpc) is 3.20. The van der Waals surface area contributed by atoms with Gasteiger partial charge in [0.1, 0.15) is 0 Å². The molecule has 0 bridgehead atoms. The molecular formula is C15H20O3S. The molecule has 0 unspecified atom stereocenters. The van der Waals surface area contributed by atoms with Crippen LogP contribution in [0.2, 0.25) is 0 Å². The monoisotopic (exact) mass is 280 g/mol. The van der Waals surface area contributed by atoms with E-state index in [4.69, 9.17) is 0 Å². The highest BCUT2D eigenvalue weighted by molar-refractivity contribution is 7.85. The molecule has 1 fully saturated rings. The maximum atomic E-state index is 12.5. The lowest BCUT2D eigenvalue weighted by molar-refractivity contribution is 0.0695. The normalized spacial score (nSPS) is 16.3. The molecule has 1 aromatic carbocycles. The van der Waals surface area contributed by atoms with Crippen molar-refractivity contribution in [2.45, 2.75) is 44.4 Å². The Kier molecular flexibility index (Phi) is 4.40. The van der Waals surface area contributed by atoms with Crippen molar-refractivity contribution in [3.63, 3.8) is 0 Å². The van der Waals surface area contributed by atoms with Crippen LogP contribution in [0.4, 0.5) is 0 Å². The van der Waals surface area contributed by atoms with Gasteiger partial charge in [-0.2, -0.15) is 0 Å². The lowest BCUT2D eigenvalue weighted by atomic mass is 10.0. The number of aryl methyl sites for hydroxylation is 1. The third-order valence-electron chi connectivity index (χ3n) is 3.62. The molecule has 0 heterocycles. The number of hydrogen-bond acceptors (Lipinski definition) is 2. The average molecular weight is 280 g/mol. The first-order valence-corrected chi connectivity index (χ1v) is 8.16. The van der Waals surface area contributed by atoms with E-state index in [9.17, 15) is 14.1 Å². The van der Waals surface area contributed by atoms with Gasteiger partial charge in [-0.1, -0.05) is 19.9 Å². The van der Waals surface area contributed by atoms with Gasteiger partial charge in [-0.15, -0.1) is 0 Å². The molecule has 3 nitrogen and oxygen atoms in total. The zero-order valence-electron chi connectivity index (χ0n) is 11.4. The Morgan fingerprint density at radius 2 is 2.00 bits per heavy atom. The number of rotatable bonds is 6. The number of carboxylic acids is 1. The van der Waals surface area contributed by atoms with E-state index in [1.54, 1.807) is 6.07 Å². The Hall–Kier alpha value is -1.16. The Bertz CT molecular complexity index is 518. The molecule has 0 spiro atoms. The SMILES string of the molecule is CCc1ccc(C(=O)O)c(CC)c1[S@](=O)CC1CC1. The predicted octanol–water partition coefficient (Wildman–Crippen LogP) is 3.03. The van der Waals surface area contributed by atoms with Gasteiger partial charge in [-0.05, 0) is 48.8 Å². The van der Waals surface area contributed by atoms with Crippen LogP contribution in [0.3, 0.4) is 0 Å². The van der Waals surface area contributed by atoms with Gasteiger partial charge in [-0.25, -0.2) is 4.79 Å². The second-order valence-electron chi connectivity index (χ2n) is 5.05. The van der Waals surface area contributed by atoms with Crippen LogP contribution < -0.4 is 0 Å². The quantitative estimate of drug-likeness (QED) is 0.871. The number of benzene rings is 1. The summed E-state index contributed by atoms with van der Waals surface area (Å²) in [5.41, 5.74) is 2.09. The van der Waals surface area contributed by atoms with Crippen molar-refractivity contribution in [1.29, 1.82) is 0 Å². The number of aromatic carboxylic acids is 1. The third-order valence-corrected chi connectivity index (χ3v) is 5.36. The second-order valence-corrected chi connectivity index (χ2v) is 6.48. The molecule has 1 N–H and O–H groups in total. The number of carbonyl (C=O) groups is 1. The molecule has 0 aliphatic heterocycles. The minimum absolute atomic E-state index is 0.304. The first-order valence-electron chi connectivity index (χ1n) is 6.84. The van der Waals surface area contributed by atoms with Crippen molar-refractivity contribution in [2.24, 2.45) is 5.92 Å². The summed E-state index contributed by atoms with van der Waals surface area (Å²) in [5.74, 6) is 0.330. The topological polar surface area (TPSA) is 54.4 Å². The lowest BCUT2D eigenvalue weighted by Crippen LogP contribution is -2.12. The Morgan fingerprint density at radius 3 is 2.47 bits per heavy atom. The summed E-state index contributed by atoms with van der Waals surface area (Å²) >= 11 is 0. The largest absolute Gasteiger partial charge is 0.478 e. The van der Waals surface area contributed by atoms with Crippen LogP contribution in [0.1, 0.15) is 48.2 Å². The van der Waals surface area contributed by atoms with Crippen LogP contribution in [-0.4, -0.2) is 21.0 Å². The fraction of sp³-hybridized carbons (Fsp3) is 0.533. The Labute approximate surface area is 116 Å². The highest BCUT2D eigenvalue weighted by Crippen LogP contribution is 2.33. The van der Waals surface area contributed by atoms with E-state index in [1.807, 2.05) is 19.9 Å². The van der Waals surface area contributed by atoms with Gasteiger partial charge in [-0.3, -0.25) is 4.21 Å². The van der Waals surface area contributed by atoms with Crippen LogP contribution >= 0.6 is 0 Å².